The van der Waals surface area contributed by atoms with E-state index in [1.807, 2.05) is 30.3 Å². The first-order valence-electron chi connectivity index (χ1n) is 14.3. The molecule has 2 aliphatic carbocycles. The van der Waals surface area contributed by atoms with Crippen LogP contribution >= 0.6 is 0 Å². The van der Waals surface area contributed by atoms with E-state index in [4.69, 9.17) is 4.74 Å². The summed E-state index contributed by atoms with van der Waals surface area (Å²) in [5.74, 6) is -2.58. The zero-order valence-electron chi connectivity index (χ0n) is 23.6. The van der Waals surface area contributed by atoms with E-state index in [-0.39, 0.29) is 35.8 Å². The van der Waals surface area contributed by atoms with Gasteiger partial charge in [-0.25, -0.2) is 4.39 Å². The number of carbonyl (C=O) groups is 2. The zero-order valence-corrected chi connectivity index (χ0v) is 23.6. The highest BCUT2D eigenvalue weighted by molar-refractivity contribution is 6.01. The molecular weight excluding hydrogens is 548 g/mol. The van der Waals surface area contributed by atoms with Crippen molar-refractivity contribution in [2.45, 2.75) is 77.0 Å². The van der Waals surface area contributed by atoms with E-state index < -0.39 is 29.3 Å². The fourth-order valence-electron chi connectivity index (χ4n) is 6.42. The molecule has 0 heterocycles. The van der Waals surface area contributed by atoms with Crippen LogP contribution in [0.2, 0.25) is 0 Å². The normalized spacial score (nSPS) is 19.0. The molecular formula is C34H34F4O4. The first-order chi connectivity index (χ1) is 19.8. The number of carboxylic acids is 1. The van der Waals surface area contributed by atoms with Gasteiger partial charge in [0.1, 0.15) is 18.2 Å². The summed E-state index contributed by atoms with van der Waals surface area (Å²) >= 11 is 0. The maximum absolute atomic E-state index is 15.1. The fourth-order valence-corrected chi connectivity index (χ4v) is 6.42. The Morgan fingerprint density at radius 2 is 1.76 bits per heavy atom. The number of hydrogen-bond donors (Lipinski definition) is 1. The quantitative estimate of drug-likeness (QED) is 0.191. The van der Waals surface area contributed by atoms with Gasteiger partial charge in [0.05, 0.1) is 6.42 Å². The smallest absolute Gasteiger partial charge is 0.454 e. The molecule has 3 aromatic carbocycles. The molecule has 2 saturated carbocycles. The minimum atomic E-state index is -5.06. The van der Waals surface area contributed by atoms with Crippen LogP contribution in [0.3, 0.4) is 0 Å². The van der Waals surface area contributed by atoms with Crippen LogP contribution in [0.5, 0.6) is 5.75 Å². The Labute approximate surface area is 242 Å². The van der Waals surface area contributed by atoms with E-state index in [0.29, 0.717) is 17.2 Å². The van der Waals surface area contributed by atoms with Crippen molar-refractivity contribution in [1.82, 2.24) is 0 Å². The van der Waals surface area contributed by atoms with Gasteiger partial charge >= 0.3 is 12.1 Å². The predicted molar refractivity (Wildman–Crippen MR) is 151 cm³/mol. The molecule has 1 N–H and O–H groups in total. The maximum Gasteiger partial charge on any atom is 0.454 e. The van der Waals surface area contributed by atoms with Crippen LogP contribution < -0.4 is 4.74 Å². The van der Waals surface area contributed by atoms with Gasteiger partial charge in [-0.15, -0.1) is 0 Å². The van der Waals surface area contributed by atoms with Crippen molar-refractivity contribution in [3.8, 4) is 16.9 Å². The highest BCUT2D eigenvalue weighted by atomic mass is 19.4. The van der Waals surface area contributed by atoms with Crippen LogP contribution in [0.1, 0.15) is 91.3 Å². The first-order valence-corrected chi connectivity index (χ1v) is 14.3. The molecule has 0 bridgehead atoms. The number of ketones is 1. The second kappa shape index (κ2) is 11.5. The summed E-state index contributed by atoms with van der Waals surface area (Å²) in [5.41, 5.74) is 2.29. The molecule has 0 spiro atoms. The van der Waals surface area contributed by atoms with Crippen molar-refractivity contribution in [2.75, 3.05) is 0 Å². The monoisotopic (exact) mass is 582 g/mol. The van der Waals surface area contributed by atoms with Crippen LogP contribution in [-0.4, -0.2) is 23.0 Å². The third-order valence-electron chi connectivity index (χ3n) is 8.80. The number of ether oxygens (including phenoxy) is 1. The van der Waals surface area contributed by atoms with E-state index in [2.05, 4.69) is 13.8 Å². The number of rotatable bonds is 10. The molecule has 0 aromatic heterocycles. The number of carboxylic acid groups (broad SMARTS) is 1. The Hall–Kier alpha value is -3.68. The Kier molecular flexibility index (Phi) is 8.19. The fraction of sp³-hybridized carbons (Fsp3) is 0.412. The molecule has 0 saturated heterocycles. The standard InChI is InChI=1S/C34H34F4O4/c1-33(2)14-4-7-29(33)27-15-20(8-12-25(27)28-17-23(11-13-30(28)35)32(41)34(36,37)38)19-42-24-6-3-5-22(16-24)26(18-31(39)40)21-9-10-21/h3,5-6,8,11-13,15-17,21,26,29H,4,7,9-10,14,18-19H2,1-2H3,(H,39,40)/t26-,29-/m1/s1. The van der Waals surface area contributed by atoms with Gasteiger partial charge in [0, 0.05) is 11.1 Å². The van der Waals surface area contributed by atoms with E-state index in [1.54, 1.807) is 12.1 Å². The topological polar surface area (TPSA) is 63.6 Å². The lowest BCUT2D eigenvalue weighted by atomic mass is 9.75. The molecule has 8 heteroatoms. The van der Waals surface area contributed by atoms with Gasteiger partial charge in [-0.05, 0) is 101 Å². The Bertz CT molecular complexity index is 1490. The lowest BCUT2D eigenvalue weighted by molar-refractivity contribution is -0.137. The molecule has 0 amide bonds. The molecule has 0 radical (unpaired) electrons. The predicted octanol–water partition coefficient (Wildman–Crippen LogP) is 9.08. The average molecular weight is 583 g/mol. The first kappa shape index (κ1) is 29.8. The maximum atomic E-state index is 15.1. The number of halogens is 4. The summed E-state index contributed by atoms with van der Waals surface area (Å²) < 4.78 is 60.7. The van der Waals surface area contributed by atoms with Gasteiger partial charge < -0.3 is 9.84 Å². The molecule has 2 atom stereocenters. The summed E-state index contributed by atoms with van der Waals surface area (Å²) in [7, 11) is 0. The van der Waals surface area contributed by atoms with Crippen LogP contribution in [0.4, 0.5) is 17.6 Å². The van der Waals surface area contributed by atoms with E-state index >= 15 is 4.39 Å². The molecule has 2 aliphatic rings. The van der Waals surface area contributed by atoms with E-state index in [1.165, 1.54) is 0 Å². The van der Waals surface area contributed by atoms with Gasteiger partial charge in [-0.3, -0.25) is 9.59 Å². The molecule has 5 rings (SSSR count). The van der Waals surface area contributed by atoms with Crippen molar-refractivity contribution < 1.29 is 37.0 Å². The molecule has 222 valence electrons. The van der Waals surface area contributed by atoms with Gasteiger partial charge in [-0.1, -0.05) is 50.6 Å². The molecule has 4 nitrogen and oxygen atoms in total. The average Bonchev–Trinajstić information content (AvgIpc) is 3.72. The van der Waals surface area contributed by atoms with Crippen molar-refractivity contribution in [2.24, 2.45) is 11.3 Å². The Morgan fingerprint density at radius 3 is 2.40 bits per heavy atom. The third-order valence-corrected chi connectivity index (χ3v) is 8.80. The number of benzene rings is 3. The second-order valence-corrected chi connectivity index (χ2v) is 12.3. The van der Waals surface area contributed by atoms with Crippen molar-refractivity contribution >= 4 is 11.8 Å². The summed E-state index contributed by atoms with van der Waals surface area (Å²) in [5, 5.41) is 9.37. The molecule has 2 fully saturated rings. The number of carbonyl (C=O) groups excluding carboxylic acids is 1. The lowest BCUT2D eigenvalue weighted by Crippen LogP contribution is -2.22. The zero-order chi connectivity index (χ0) is 30.2. The molecule has 42 heavy (non-hydrogen) atoms. The van der Waals surface area contributed by atoms with Crippen LogP contribution in [-0.2, 0) is 11.4 Å². The lowest BCUT2D eigenvalue weighted by Gasteiger charge is -2.30. The molecule has 0 aliphatic heterocycles. The van der Waals surface area contributed by atoms with Crippen LogP contribution in [0, 0.1) is 17.2 Å². The van der Waals surface area contributed by atoms with Crippen LogP contribution in [0.25, 0.3) is 11.1 Å². The van der Waals surface area contributed by atoms with Crippen LogP contribution in [0.15, 0.2) is 60.7 Å². The summed E-state index contributed by atoms with van der Waals surface area (Å²) in [4.78, 5) is 23.4. The molecule has 3 aromatic rings. The van der Waals surface area contributed by atoms with Gasteiger partial charge in [-0.2, -0.15) is 13.2 Å². The molecule has 0 unspecified atom stereocenters. The van der Waals surface area contributed by atoms with Gasteiger partial charge in [0.25, 0.3) is 5.78 Å². The third kappa shape index (κ3) is 6.53. The number of hydrogen-bond acceptors (Lipinski definition) is 3. The second-order valence-electron chi connectivity index (χ2n) is 12.3. The highest BCUT2D eigenvalue weighted by Gasteiger charge is 2.40. The highest BCUT2D eigenvalue weighted by Crippen LogP contribution is 2.51. The van der Waals surface area contributed by atoms with Gasteiger partial charge in [0.15, 0.2) is 0 Å². The minimum absolute atomic E-state index is 0.0347. The van der Waals surface area contributed by atoms with E-state index in [9.17, 15) is 27.9 Å². The largest absolute Gasteiger partial charge is 0.489 e. The summed E-state index contributed by atoms with van der Waals surface area (Å²) in [6.07, 6.45) is -0.177. The summed E-state index contributed by atoms with van der Waals surface area (Å²) in [6, 6.07) is 15.7. The van der Waals surface area contributed by atoms with Crippen molar-refractivity contribution in [3.05, 3.63) is 88.7 Å². The minimum Gasteiger partial charge on any atom is -0.489 e. The number of Topliss-reactive ketones (excluding diaryl/α,β-unsaturated/α-hetero) is 1. The van der Waals surface area contributed by atoms with Crippen molar-refractivity contribution in [1.29, 1.82) is 0 Å². The van der Waals surface area contributed by atoms with Gasteiger partial charge in [0.2, 0.25) is 0 Å². The Balaban J connectivity index is 1.46. The van der Waals surface area contributed by atoms with Crippen molar-refractivity contribution in [3.63, 3.8) is 0 Å². The van der Waals surface area contributed by atoms with E-state index in [0.717, 1.165) is 67.0 Å². The Morgan fingerprint density at radius 1 is 1.00 bits per heavy atom. The SMILES string of the molecule is CC1(C)CCC[C@@H]1c1cc(COc2cccc([C@H](CC(=O)O)C3CC3)c2)ccc1-c1cc(C(=O)C(F)(F)F)ccc1F. The number of alkyl halides is 3. The number of aliphatic carboxylic acids is 1. The summed E-state index contributed by atoms with van der Waals surface area (Å²) in [6.45, 7) is 4.47.